The number of aromatic nitrogens is 3. The molecular formula is C18H21F3N4. The molecule has 1 saturated heterocycles. The number of benzene rings is 1. The Balaban J connectivity index is 1.55. The highest BCUT2D eigenvalue weighted by atomic mass is 19.4. The van der Waals surface area contributed by atoms with Gasteiger partial charge in [-0.3, -0.25) is 4.90 Å². The smallest absolute Gasteiger partial charge is 0.296 e. The van der Waals surface area contributed by atoms with E-state index in [9.17, 15) is 13.2 Å². The van der Waals surface area contributed by atoms with E-state index in [1.165, 1.54) is 12.8 Å². The molecule has 4 rings (SSSR count). The minimum absolute atomic E-state index is 0.180. The first kappa shape index (κ1) is 16.6. The summed E-state index contributed by atoms with van der Waals surface area (Å²) in [6.07, 6.45) is -1.40. The third-order valence-corrected chi connectivity index (χ3v) is 5.36. The molecule has 134 valence electrons. The molecule has 2 heterocycles. The summed E-state index contributed by atoms with van der Waals surface area (Å²) in [6.45, 7) is 2.87. The van der Waals surface area contributed by atoms with Crippen molar-refractivity contribution < 1.29 is 13.2 Å². The highest BCUT2D eigenvalue weighted by molar-refractivity contribution is 5.56. The Hall–Kier alpha value is -1.89. The number of hydrogen-bond donors (Lipinski definition) is 0. The Morgan fingerprint density at radius 1 is 1.08 bits per heavy atom. The van der Waals surface area contributed by atoms with E-state index in [-0.39, 0.29) is 12.8 Å². The van der Waals surface area contributed by atoms with Crippen LogP contribution in [0.5, 0.6) is 0 Å². The van der Waals surface area contributed by atoms with Gasteiger partial charge in [0.25, 0.3) is 0 Å². The quantitative estimate of drug-likeness (QED) is 0.844. The van der Waals surface area contributed by atoms with Crippen LogP contribution in [0.25, 0.3) is 11.4 Å². The van der Waals surface area contributed by atoms with Crippen LogP contribution >= 0.6 is 0 Å². The number of rotatable bonds is 4. The molecule has 2 aromatic rings. The normalized spacial score (nSPS) is 20.2. The lowest BCUT2D eigenvalue weighted by Gasteiger charge is -2.19. The van der Waals surface area contributed by atoms with Crippen LogP contribution in [0, 0.1) is 0 Å². The SMILES string of the molecule is Cn1nc(CN2CCCC2)nc1-c1ccc(C2(C(F)(F)F)CC2)cc1. The molecule has 1 aromatic carbocycles. The molecule has 0 radical (unpaired) electrons. The molecule has 25 heavy (non-hydrogen) atoms. The van der Waals surface area contributed by atoms with E-state index in [1.54, 1.807) is 28.9 Å². The van der Waals surface area contributed by atoms with Crippen LogP contribution in [0.15, 0.2) is 24.3 Å². The maximum Gasteiger partial charge on any atom is 0.398 e. The van der Waals surface area contributed by atoms with E-state index >= 15 is 0 Å². The second-order valence-corrected chi connectivity index (χ2v) is 7.12. The van der Waals surface area contributed by atoms with Gasteiger partial charge in [-0.05, 0) is 44.3 Å². The highest BCUT2D eigenvalue weighted by Crippen LogP contribution is 2.58. The molecule has 2 fully saturated rings. The van der Waals surface area contributed by atoms with Crippen molar-refractivity contribution in [1.29, 1.82) is 0 Å². The molecule has 1 saturated carbocycles. The fourth-order valence-electron chi connectivity index (χ4n) is 3.70. The second kappa shape index (κ2) is 5.83. The summed E-state index contributed by atoms with van der Waals surface area (Å²) in [7, 11) is 1.82. The molecular weight excluding hydrogens is 329 g/mol. The minimum Gasteiger partial charge on any atom is -0.296 e. The monoisotopic (exact) mass is 350 g/mol. The molecule has 0 N–H and O–H groups in total. The zero-order valence-corrected chi connectivity index (χ0v) is 14.2. The number of nitrogens with zero attached hydrogens (tertiary/aromatic N) is 4. The Kier molecular flexibility index (Phi) is 3.86. The highest BCUT2D eigenvalue weighted by Gasteiger charge is 2.64. The van der Waals surface area contributed by atoms with Crippen LogP contribution in [0.4, 0.5) is 13.2 Å². The summed E-state index contributed by atoms with van der Waals surface area (Å²) in [5, 5.41) is 4.46. The van der Waals surface area contributed by atoms with Crippen molar-refractivity contribution in [2.24, 2.45) is 7.05 Å². The van der Waals surface area contributed by atoms with Crippen LogP contribution in [-0.2, 0) is 19.0 Å². The van der Waals surface area contributed by atoms with E-state index in [2.05, 4.69) is 15.0 Å². The molecule has 0 bridgehead atoms. The summed E-state index contributed by atoms with van der Waals surface area (Å²) < 4.78 is 41.4. The number of aryl methyl sites for hydroxylation is 1. The van der Waals surface area contributed by atoms with Crippen LogP contribution in [0.3, 0.4) is 0 Å². The zero-order valence-electron chi connectivity index (χ0n) is 14.2. The Bertz CT molecular complexity index is 754. The van der Waals surface area contributed by atoms with Crippen molar-refractivity contribution in [3.8, 4) is 11.4 Å². The number of hydrogen-bond acceptors (Lipinski definition) is 3. The Labute approximate surface area is 144 Å². The van der Waals surface area contributed by atoms with Crippen LogP contribution in [0.2, 0.25) is 0 Å². The maximum absolute atomic E-state index is 13.2. The summed E-state index contributed by atoms with van der Waals surface area (Å²) in [5.74, 6) is 1.45. The number of halogens is 3. The van der Waals surface area contributed by atoms with Crippen LogP contribution < -0.4 is 0 Å². The van der Waals surface area contributed by atoms with Crippen molar-refractivity contribution >= 4 is 0 Å². The Morgan fingerprint density at radius 3 is 2.28 bits per heavy atom. The molecule has 0 atom stereocenters. The van der Waals surface area contributed by atoms with Crippen molar-refractivity contribution in [3.05, 3.63) is 35.7 Å². The second-order valence-electron chi connectivity index (χ2n) is 7.12. The summed E-state index contributed by atoms with van der Waals surface area (Å²) in [6, 6.07) is 6.63. The minimum atomic E-state index is -4.18. The van der Waals surface area contributed by atoms with Crippen molar-refractivity contribution in [2.45, 2.75) is 43.8 Å². The van der Waals surface area contributed by atoms with Gasteiger partial charge in [-0.15, -0.1) is 0 Å². The van der Waals surface area contributed by atoms with E-state index < -0.39 is 11.6 Å². The average Bonchev–Trinajstić information content (AvgIpc) is 3.11. The summed E-state index contributed by atoms with van der Waals surface area (Å²) in [5.41, 5.74) is -0.487. The molecule has 4 nitrogen and oxygen atoms in total. The largest absolute Gasteiger partial charge is 0.398 e. The predicted molar refractivity (Wildman–Crippen MR) is 87.9 cm³/mol. The van der Waals surface area contributed by atoms with Gasteiger partial charge in [0.15, 0.2) is 11.6 Å². The van der Waals surface area contributed by atoms with E-state index in [0.717, 1.165) is 31.0 Å². The van der Waals surface area contributed by atoms with Gasteiger partial charge in [0.1, 0.15) is 0 Å². The van der Waals surface area contributed by atoms with Gasteiger partial charge >= 0.3 is 6.18 Å². The van der Waals surface area contributed by atoms with Crippen LogP contribution in [-0.4, -0.2) is 38.9 Å². The summed E-state index contributed by atoms with van der Waals surface area (Å²) in [4.78, 5) is 6.91. The average molecular weight is 350 g/mol. The molecule has 0 spiro atoms. The summed E-state index contributed by atoms with van der Waals surface area (Å²) >= 11 is 0. The Morgan fingerprint density at radius 2 is 1.72 bits per heavy atom. The van der Waals surface area contributed by atoms with E-state index in [4.69, 9.17) is 0 Å². The number of alkyl halides is 3. The fraction of sp³-hybridized carbons (Fsp3) is 0.556. The lowest BCUT2D eigenvalue weighted by Crippen LogP contribution is -2.28. The molecule has 7 heteroatoms. The topological polar surface area (TPSA) is 34.0 Å². The zero-order chi connectivity index (χ0) is 17.7. The fourth-order valence-corrected chi connectivity index (χ4v) is 3.70. The molecule has 1 aromatic heterocycles. The number of likely N-dealkylation sites (tertiary alicyclic amines) is 1. The molecule has 0 amide bonds. The van der Waals surface area contributed by atoms with Crippen LogP contribution in [0.1, 0.15) is 37.1 Å². The predicted octanol–water partition coefficient (Wildman–Crippen LogP) is 3.67. The lowest BCUT2D eigenvalue weighted by atomic mass is 9.94. The van der Waals surface area contributed by atoms with E-state index in [1.807, 2.05) is 7.05 Å². The molecule has 1 aliphatic heterocycles. The van der Waals surface area contributed by atoms with Gasteiger partial charge in [-0.25, -0.2) is 9.67 Å². The maximum atomic E-state index is 13.2. The first-order valence-electron chi connectivity index (χ1n) is 8.69. The van der Waals surface area contributed by atoms with Gasteiger partial charge in [-0.2, -0.15) is 18.3 Å². The molecule has 2 aliphatic rings. The first-order valence-corrected chi connectivity index (χ1v) is 8.69. The van der Waals surface area contributed by atoms with Crippen molar-refractivity contribution in [1.82, 2.24) is 19.7 Å². The third kappa shape index (κ3) is 2.94. The standard InChI is InChI=1S/C18H21F3N4/c1-24-16(22-15(23-24)12-25-10-2-3-11-25)13-4-6-14(7-5-13)17(8-9-17)18(19,20)21/h4-7H,2-3,8-12H2,1H3. The lowest BCUT2D eigenvalue weighted by molar-refractivity contribution is -0.160. The van der Waals surface area contributed by atoms with Crippen molar-refractivity contribution in [2.75, 3.05) is 13.1 Å². The van der Waals surface area contributed by atoms with Gasteiger partial charge in [0, 0.05) is 12.6 Å². The molecule has 1 aliphatic carbocycles. The first-order chi connectivity index (χ1) is 11.9. The van der Waals surface area contributed by atoms with Gasteiger partial charge < -0.3 is 0 Å². The van der Waals surface area contributed by atoms with Gasteiger partial charge in [0.2, 0.25) is 0 Å². The third-order valence-electron chi connectivity index (χ3n) is 5.36. The van der Waals surface area contributed by atoms with E-state index in [0.29, 0.717) is 11.4 Å². The molecule has 0 unspecified atom stereocenters. The van der Waals surface area contributed by atoms with Gasteiger partial charge in [0.05, 0.1) is 12.0 Å². The van der Waals surface area contributed by atoms with Crippen molar-refractivity contribution in [3.63, 3.8) is 0 Å². The van der Waals surface area contributed by atoms with Gasteiger partial charge in [-0.1, -0.05) is 24.3 Å².